The highest BCUT2D eigenvalue weighted by atomic mass is 35.5. The van der Waals surface area contributed by atoms with Crippen molar-refractivity contribution in [3.8, 4) is 5.75 Å². The van der Waals surface area contributed by atoms with E-state index < -0.39 is 30.8 Å². The van der Waals surface area contributed by atoms with Gasteiger partial charge in [-0.25, -0.2) is 9.87 Å². The summed E-state index contributed by atoms with van der Waals surface area (Å²) in [5.74, 6) is -1.72. The number of hydrogen-bond donors (Lipinski definition) is 2. The van der Waals surface area contributed by atoms with Crippen LogP contribution in [0.1, 0.15) is 0 Å². The lowest BCUT2D eigenvalue weighted by atomic mass is 10.3. The summed E-state index contributed by atoms with van der Waals surface area (Å²) in [5, 5.41) is 0.0425. The van der Waals surface area contributed by atoms with Gasteiger partial charge in [-0.2, -0.15) is 0 Å². The number of hydroxylamine groups is 1. The van der Waals surface area contributed by atoms with Gasteiger partial charge in [-0.1, -0.05) is 11.6 Å². The molecular weight excluding hydrogens is 267 g/mol. The molecule has 6 nitrogen and oxygen atoms in total. The van der Waals surface area contributed by atoms with Gasteiger partial charge in [0, 0.05) is 0 Å². The minimum Gasteiger partial charge on any atom is -0.482 e. The maximum Gasteiger partial charge on any atom is 0.281 e. The fourth-order valence-corrected chi connectivity index (χ4v) is 1.17. The SMILES string of the molecule is NC(=O)CONC(=O)COc1ccc(F)cc1Cl. The molecule has 8 heteroatoms. The van der Waals surface area contributed by atoms with E-state index in [0.717, 1.165) is 12.1 Å². The highest BCUT2D eigenvalue weighted by Gasteiger charge is 2.07. The quantitative estimate of drug-likeness (QED) is 0.736. The van der Waals surface area contributed by atoms with Gasteiger partial charge in [0.05, 0.1) is 5.02 Å². The molecule has 1 aromatic rings. The van der Waals surface area contributed by atoms with Gasteiger partial charge in [0.25, 0.3) is 5.91 Å². The second kappa shape index (κ2) is 6.77. The molecule has 18 heavy (non-hydrogen) atoms. The largest absolute Gasteiger partial charge is 0.482 e. The molecule has 0 bridgehead atoms. The number of benzene rings is 1. The van der Waals surface area contributed by atoms with Crippen molar-refractivity contribution in [2.75, 3.05) is 13.2 Å². The van der Waals surface area contributed by atoms with Crippen LogP contribution in [-0.4, -0.2) is 25.0 Å². The second-order valence-electron chi connectivity index (χ2n) is 3.14. The van der Waals surface area contributed by atoms with Crippen LogP contribution in [0.4, 0.5) is 4.39 Å². The van der Waals surface area contributed by atoms with Crippen LogP contribution in [-0.2, 0) is 14.4 Å². The predicted molar refractivity (Wildman–Crippen MR) is 60.2 cm³/mol. The normalized spacial score (nSPS) is 9.89. The van der Waals surface area contributed by atoms with Crippen LogP contribution in [0, 0.1) is 5.82 Å². The molecule has 0 spiro atoms. The Balaban J connectivity index is 2.36. The van der Waals surface area contributed by atoms with E-state index in [-0.39, 0.29) is 10.8 Å². The van der Waals surface area contributed by atoms with Gasteiger partial charge in [0.2, 0.25) is 5.91 Å². The van der Waals surface area contributed by atoms with E-state index in [0.29, 0.717) is 0 Å². The predicted octanol–water partition coefficient (Wildman–Crippen LogP) is 0.391. The lowest BCUT2D eigenvalue weighted by molar-refractivity contribution is -0.139. The van der Waals surface area contributed by atoms with Gasteiger partial charge in [0.1, 0.15) is 11.6 Å². The van der Waals surface area contributed by atoms with E-state index in [9.17, 15) is 14.0 Å². The van der Waals surface area contributed by atoms with Crippen molar-refractivity contribution in [3.05, 3.63) is 29.0 Å². The monoisotopic (exact) mass is 276 g/mol. The van der Waals surface area contributed by atoms with Gasteiger partial charge in [-0.05, 0) is 18.2 Å². The van der Waals surface area contributed by atoms with E-state index in [1.807, 2.05) is 5.48 Å². The number of hydrogen-bond acceptors (Lipinski definition) is 4. The van der Waals surface area contributed by atoms with Gasteiger partial charge < -0.3 is 10.5 Å². The van der Waals surface area contributed by atoms with Crippen molar-refractivity contribution in [3.63, 3.8) is 0 Å². The minimum absolute atomic E-state index is 0.0425. The third-order valence-electron chi connectivity index (χ3n) is 1.65. The van der Waals surface area contributed by atoms with Gasteiger partial charge >= 0.3 is 0 Å². The van der Waals surface area contributed by atoms with Gasteiger partial charge in [-0.15, -0.1) is 0 Å². The van der Waals surface area contributed by atoms with E-state index >= 15 is 0 Å². The Morgan fingerprint density at radius 1 is 1.39 bits per heavy atom. The lowest BCUT2D eigenvalue weighted by Gasteiger charge is -2.08. The molecule has 0 aliphatic carbocycles. The molecule has 1 rings (SSSR count). The number of rotatable bonds is 6. The zero-order chi connectivity index (χ0) is 13.5. The summed E-state index contributed by atoms with van der Waals surface area (Å²) in [6, 6.07) is 3.48. The molecule has 0 fully saturated rings. The summed E-state index contributed by atoms with van der Waals surface area (Å²) in [6.07, 6.45) is 0. The Hall–Kier alpha value is -1.86. The molecule has 0 saturated carbocycles. The maximum atomic E-state index is 12.7. The number of ether oxygens (including phenoxy) is 1. The van der Waals surface area contributed by atoms with Gasteiger partial charge in [0.15, 0.2) is 13.2 Å². The number of nitrogens with one attached hydrogen (secondary N) is 1. The zero-order valence-electron chi connectivity index (χ0n) is 9.11. The maximum absolute atomic E-state index is 12.7. The van der Waals surface area contributed by atoms with Crippen molar-refractivity contribution in [1.29, 1.82) is 0 Å². The van der Waals surface area contributed by atoms with E-state index in [4.69, 9.17) is 22.1 Å². The lowest BCUT2D eigenvalue weighted by Crippen LogP contribution is -2.32. The molecule has 0 aliphatic heterocycles. The van der Waals surface area contributed by atoms with Crippen molar-refractivity contribution >= 4 is 23.4 Å². The Morgan fingerprint density at radius 3 is 2.72 bits per heavy atom. The molecule has 0 aromatic heterocycles. The summed E-state index contributed by atoms with van der Waals surface area (Å²) < 4.78 is 17.7. The van der Waals surface area contributed by atoms with E-state index in [2.05, 4.69) is 4.84 Å². The van der Waals surface area contributed by atoms with Crippen molar-refractivity contribution in [2.24, 2.45) is 5.73 Å². The summed E-state index contributed by atoms with van der Waals surface area (Å²) in [4.78, 5) is 25.9. The zero-order valence-corrected chi connectivity index (χ0v) is 9.87. The average molecular weight is 277 g/mol. The van der Waals surface area contributed by atoms with Crippen LogP contribution in [0.5, 0.6) is 5.75 Å². The third-order valence-corrected chi connectivity index (χ3v) is 1.95. The first-order chi connectivity index (χ1) is 8.49. The molecule has 3 N–H and O–H groups in total. The first-order valence-electron chi connectivity index (χ1n) is 4.76. The highest BCUT2D eigenvalue weighted by Crippen LogP contribution is 2.24. The summed E-state index contributed by atoms with van der Waals surface area (Å²) in [7, 11) is 0. The van der Waals surface area contributed by atoms with E-state index in [1.54, 1.807) is 0 Å². The molecular formula is C10H10ClFN2O4. The number of carbonyl (C=O) groups is 2. The minimum atomic E-state index is -0.724. The van der Waals surface area contributed by atoms with Crippen LogP contribution in [0.3, 0.4) is 0 Å². The van der Waals surface area contributed by atoms with Crippen LogP contribution >= 0.6 is 11.6 Å². The van der Waals surface area contributed by atoms with Crippen molar-refractivity contribution in [1.82, 2.24) is 5.48 Å². The summed E-state index contributed by atoms with van der Waals surface area (Å²) in [5.41, 5.74) is 6.71. The van der Waals surface area contributed by atoms with Crippen molar-refractivity contribution in [2.45, 2.75) is 0 Å². The smallest absolute Gasteiger partial charge is 0.281 e. The Labute approximate surface area is 107 Å². The molecule has 2 amide bonds. The Bertz CT molecular complexity index is 456. The fraction of sp³-hybridized carbons (Fsp3) is 0.200. The van der Waals surface area contributed by atoms with Gasteiger partial charge in [-0.3, -0.25) is 14.4 Å². The van der Waals surface area contributed by atoms with Crippen molar-refractivity contribution < 1.29 is 23.6 Å². The van der Waals surface area contributed by atoms with E-state index in [1.165, 1.54) is 6.07 Å². The molecule has 98 valence electrons. The molecule has 0 atom stereocenters. The molecule has 1 aromatic carbocycles. The number of primary amides is 1. The first kappa shape index (κ1) is 14.2. The number of nitrogens with two attached hydrogens (primary N) is 1. The Kier molecular flexibility index (Phi) is 5.34. The van der Waals surface area contributed by atoms with Crippen LogP contribution in [0.25, 0.3) is 0 Å². The Morgan fingerprint density at radius 2 is 2.11 bits per heavy atom. The third kappa shape index (κ3) is 4.98. The van der Waals surface area contributed by atoms with Crippen LogP contribution < -0.4 is 16.0 Å². The standard InChI is InChI=1S/C10H10ClFN2O4/c11-7-3-6(12)1-2-8(7)17-5-10(16)14-18-4-9(13)15/h1-3H,4-5H2,(H2,13,15)(H,14,16). The van der Waals surface area contributed by atoms with Crippen LogP contribution in [0.2, 0.25) is 5.02 Å². The average Bonchev–Trinajstić information content (AvgIpc) is 2.27. The molecule has 0 radical (unpaired) electrons. The van der Waals surface area contributed by atoms with Crippen LogP contribution in [0.15, 0.2) is 18.2 Å². The number of halogens is 2. The molecule has 0 aliphatic rings. The molecule has 0 heterocycles. The fourth-order valence-electron chi connectivity index (χ4n) is 0.953. The molecule has 0 unspecified atom stereocenters. The summed E-state index contributed by atoms with van der Waals surface area (Å²) >= 11 is 5.67. The second-order valence-corrected chi connectivity index (χ2v) is 3.55. The highest BCUT2D eigenvalue weighted by molar-refractivity contribution is 6.32. The number of amides is 2. The number of carbonyl (C=O) groups excluding carboxylic acids is 2. The molecule has 0 saturated heterocycles. The summed E-state index contributed by atoms with van der Waals surface area (Å²) in [6.45, 7) is -0.840. The first-order valence-corrected chi connectivity index (χ1v) is 5.13. The topological polar surface area (TPSA) is 90.7 Å².